The average molecular weight is 254 g/mol. The predicted octanol–water partition coefficient (Wildman–Crippen LogP) is 2.69. The summed E-state index contributed by atoms with van der Waals surface area (Å²) in [7, 11) is 0. The molecule has 0 aliphatic heterocycles. The first kappa shape index (κ1) is 14.2. The number of nitrogens with two attached hydrogens (primary N) is 1. The number of hydrogen-bond donors (Lipinski definition) is 2. The molecule has 0 saturated carbocycles. The Morgan fingerprint density at radius 1 is 1.53 bits per heavy atom. The minimum atomic E-state index is -0.388. The van der Waals surface area contributed by atoms with Gasteiger partial charge >= 0.3 is 0 Å². The van der Waals surface area contributed by atoms with E-state index in [2.05, 4.69) is 25.2 Å². The second kappa shape index (κ2) is 6.77. The molecule has 4 heteroatoms. The van der Waals surface area contributed by atoms with Crippen LogP contribution < -0.4 is 11.1 Å². The van der Waals surface area contributed by atoms with E-state index in [1.807, 2.05) is 18.4 Å². The number of hydrogen-bond acceptors (Lipinski definition) is 3. The van der Waals surface area contributed by atoms with Crippen LogP contribution in [0.3, 0.4) is 0 Å². The van der Waals surface area contributed by atoms with Gasteiger partial charge in [0.05, 0.1) is 12.1 Å². The number of rotatable bonds is 6. The molecule has 0 fully saturated rings. The number of carbonyl (C=O) groups excluding carboxylic acids is 1. The van der Waals surface area contributed by atoms with E-state index in [9.17, 15) is 4.79 Å². The predicted molar refractivity (Wildman–Crippen MR) is 72.9 cm³/mol. The van der Waals surface area contributed by atoms with Crippen molar-refractivity contribution >= 4 is 17.2 Å². The molecule has 1 unspecified atom stereocenters. The molecule has 0 radical (unpaired) electrons. The SMILES string of the molecule is CCC[C@H](N)C(=O)NC(c1cccs1)C(C)C. The fraction of sp³-hybridized carbons (Fsp3) is 0.615. The smallest absolute Gasteiger partial charge is 0.237 e. The third-order valence-corrected chi connectivity index (χ3v) is 3.71. The maximum absolute atomic E-state index is 11.9. The minimum absolute atomic E-state index is 0.0426. The molecule has 1 aromatic rings. The lowest BCUT2D eigenvalue weighted by molar-refractivity contribution is -0.123. The molecule has 0 aromatic carbocycles. The molecule has 0 bridgehead atoms. The second-order valence-corrected chi connectivity index (χ2v) is 5.62. The Morgan fingerprint density at radius 3 is 2.71 bits per heavy atom. The van der Waals surface area contributed by atoms with Gasteiger partial charge in [-0.05, 0) is 23.8 Å². The van der Waals surface area contributed by atoms with Gasteiger partial charge in [0.15, 0.2) is 0 Å². The van der Waals surface area contributed by atoms with Crippen molar-refractivity contribution < 1.29 is 4.79 Å². The van der Waals surface area contributed by atoms with E-state index in [1.54, 1.807) is 11.3 Å². The fourth-order valence-electron chi connectivity index (χ4n) is 1.74. The Labute approximate surface area is 107 Å². The maximum Gasteiger partial charge on any atom is 0.237 e. The van der Waals surface area contributed by atoms with Crippen LogP contribution in [-0.2, 0) is 4.79 Å². The lowest BCUT2D eigenvalue weighted by Crippen LogP contribution is -2.43. The van der Waals surface area contributed by atoms with Gasteiger partial charge in [-0.2, -0.15) is 0 Å². The Kier molecular flexibility index (Phi) is 5.65. The van der Waals surface area contributed by atoms with Crippen LogP contribution in [0.4, 0.5) is 0 Å². The van der Waals surface area contributed by atoms with Crippen LogP contribution in [0.1, 0.15) is 44.5 Å². The first-order valence-electron chi connectivity index (χ1n) is 6.15. The summed E-state index contributed by atoms with van der Waals surface area (Å²) in [6.07, 6.45) is 1.67. The molecule has 3 N–H and O–H groups in total. The van der Waals surface area contributed by atoms with E-state index in [4.69, 9.17) is 5.73 Å². The largest absolute Gasteiger partial charge is 0.347 e. The van der Waals surface area contributed by atoms with Gasteiger partial charge in [0.1, 0.15) is 0 Å². The van der Waals surface area contributed by atoms with Crippen LogP contribution in [-0.4, -0.2) is 11.9 Å². The first-order chi connectivity index (χ1) is 8.06. The third kappa shape index (κ3) is 4.13. The molecular formula is C13H22N2OS. The highest BCUT2D eigenvalue weighted by atomic mass is 32.1. The molecule has 17 heavy (non-hydrogen) atoms. The van der Waals surface area contributed by atoms with Crippen LogP contribution in [0, 0.1) is 5.92 Å². The fourth-order valence-corrected chi connectivity index (χ4v) is 2.69. The number of amides is 1. The van der Waals surface area contributed by atoms with Crippen molar-refractivity contribution in [1.29, 1.82) is 0 Å². The molecule has 2 atom stereocenters. The van der Waals surface area contributed by atoms with Gasteiger partial charge < -0.3 is 11.1 Å². The van der Waals surface area contributed by atoms with Crippen LogP contribution in [0.25, 0.3) is 0 Å². The zero-order valence-corrected chi connectivity index (χ0v) is 11.6. The minimum Gasteiger partial charge on any atom is -0.347 e. The van der Waals surface area contributed by atoms with Crippen molar-refractivity contribution in [2.75, 3.05) is 0 Å². The molecule has 0 saturated heterocycles. The van der Waals surface area contributed by atoms with Crippen molar-refractivity contribution in [3.8, 4) is 0 Å². The summed E-state index contributed by atoms with van der Waals surface area (Å²) in [6, 6.07) is 3.75. The second-order valence-electron chi connectivity index (χ2n) is 4.64. The summed E-state index contributed by atoms with van der Waals surface area (Å²) in [4.78, 5) is 13.1. The number of carbonyl (C=O) groups is 1. The van der Waals surface area contributed by atoms with Gasteiger partial charge in [0, 0.05) is 4.88 Å². The number of thiophene rings is 1. The van der Waals surface area contributed by atoms with E-state index in [0.29, 0.717) is 5.92 Å². The summed E-state index contributed by atoms with van der Waals surface area (Å²) < 4.78 is 0. The molecule has 96 valence electrons. The Bertz CT molecular complexity index is 335. The summed E-state index contributed by atoms with van der Waals surface area (Å²) in [6.45, 7) is 6.25. The molecular weight excluding hydrogens is 232 g/mol. The standard InChI is InChI=1S/C13H22N2OS/c1-4-6-10(14)13(16)15-12(9(2)3)11-7-5-8-17-11/h5,7-10,12H,4,6,14H2,1-3H3,(H,15,16)/t10-,12?/m0/s1. The maximum atomic E-state index is 11.9. The van der Waals surface area contributed by atoms with E-state index in [-0.39, 0.29) is 18.0 Å². The highest BCUT2D eigenvalue weighted by Crippen LogP contribution is 2.25. The summed E-state index contributed by atoms with van der Waals surface area (Å²) in [5.74, 6) is 0.324. The summed E-state index contributed by atoms with van der Waals surface area (Å²) in [5, 5.41) is 5.08. The van der Waals surface area contributed by atoms with E-state index in [1.165, 1.54) is 4.88 Å². The van der Waals surface area contributed by atoms with Crippen molar-refractivity contribution in [3.63, 3.8) is 0 Å². The molecule has 1 amide bonds. The first-order valence-corrected chi connectivity index (χ1v) is 7.03. The van der Waals surface area contributed by atoms with Gasteiger partial charge in [-0.25, -0.2) is 0 Å². The molecule has 0 spiro atoms. The molecule has 1 aromatic heterocycles. The van der Waals surface area contributed by atoms with Gasteiger partial charge in [-0.1, -0.05) is 33.3 Å². The van der Waals surface area contributed by atoms with Crippen molar-refractivity contribution in [2.24, 2.45) is 11.7 Å². The van der Waals surface area contributed by atoms with Crippen LogP contribution >= 0.6 is 11.3 Å². The van der Waals surface area contributed by atoms with Crippen LogP contribution in [0.2, 0.25) is 0 Å². The molecule has 3 nitrogen and oxygen atoms in total. The van der Waals surface area contributed by atoms with Gasteiger partial charge in [-0.15, -0.1) is 11.3 Å². The van der Waals surface area contributed by atoms with Gasteiger partial charge in [-0.3, -0.25) is 4.79 Å². The lowest BCUT2D eigenvalue weighted by Gasteiger charge is -2.23. The molecule has 0 aliphatic rings. The molecule has 1 heterocycles. The highest BCUT2D eigenvalue weighted by Gasteiger charge is 2.21. The van der Waals surface area contributed by atoms with Crippen molar-refractivity contribution in [1.82, 2.24) is 5.32 Å². The Balaban J connectivity index is 2.65. The number of nitrogens with one attached hydrogen (secondary N) is 1. The van der Waals surface area contributed by atoms with Gasteiger partial charge in [0.25, 0.3) is 0 Å². The molecule has 0 aliphatic carbocycles. The average Bonchev–Trinajstić information content (AvgIpc) is 2.78. The van der Waals surface area contributed by atoms with Crippen LogP contribution in [0.15, 0.2) is 17.5 Å². The van der Waals surface area contributed by atoms with Gasteiger partial charge in [0.2, 0.25) is 5.91 Å². The zero-order chi connectivity index (χ0) is 12.8. The van der Waals surface area contributed by atoms with E-state index >= 15 is 0 Å². The van der Waals surface area contributed by atoms with Crippen LogP contribution in [0.5, 0.6) is 0 Å². The van der Waals surface area contributed by atoms with E-state index < -0.39 is 0 Å². The highest BCUT2D eigenvalue weighted by molar-refractivity contribution is 7.10. The van der Waals surface area contributed by atoms with Crippen molar-refractivity contribution in [3.05, 3.63) is 22.4 Å². The monoisotopic (exact) mass is 254 g/mol. The Morgan fingerprint density at radius 2 is 2.24 bits per heavy atom. The zero-order valence-electron chi connectivity index (χ0n) is 10.8. The lowest BCUT2D eigenvalue weighted by atomic mass is 10.0. The normalized spacial score (nSPS) is 14.6. The van der Waals surface area contributed by atoms with Crippen molar-refractivity contribution in [2.45, 2.75) is 45.7 Å². The Hall–Kier alpha value is -0.870. The topological polar surface area (TPSA) is 55.1 Å². The molecule has 1 rings (SSSR count). The quantitative estimate of drug-likeness (QED) is 0.820. The summed E-state index contributed by atoms with van der Waals surface area (Å²) in [5.41, 5.74) is 5.82. The van der Waals surface area contributed by atoms with E-state index in [0.717, 1.165) is 12.8 Å². The third-order valence-electron chi connectivity index (χ3n) is 2.75. The summed E-state index contributed by atoms with van der Waals surface area (Å²) >= 11 is 1.67.